The van der Waals surface area contributed by atoms with Crippen molar-refractivity contribution in [3.05, 3.63) is 0 Å². The third-order valence-corrected chi connectivity index (χ3v) is 7.51. The van der Waals surface area contributed by atoms with Crippen LogP contribution >= 0.6 is 0 Å². The van der Waals surface area contributed by atoms with Gasteiger partial charge in [-0.05, 0) is 121 Å². The molecule has 0 aromatic carbocycles. The van der Waals surface area contributed by atoms with E-state index < -0.39 is 0 Å². The summed E-state index contributed by atoms with van der Waals surface area (Å²) in [6, 6.07) is 5.00. The highest BCUT2D eigenvalue weighted by molar-refractivity contribution is 4.81. The molecular formula is C30H66N4. The minimum atomic E-state index is 0.593. The highest BCUT2D eigenvalue weighted by Gasteiger charge is 2.25. The predicted octanol–water partition coefficient (Wildman–Crippen LogP) is 7.08. The molecule has 4 unspecified atom stereocenters. The van der Waals surface area contributed by atoms with Gasteiger partial charge in [-0.25, -0.2) is 0 Å². The Balaban J connectivity index is 4.07. The molecule has 0 spiro atoms. The average Bonchev–Trinajstić information content (AvgIpc) is 2.73. The van der Waals surface area contributed by atoms with E-state index in [0.717, 1.165) is 13.1 Å². The smallest absolute Gasteiger partial charge is 0.0113 e. The number of nitrogens with zero attached hydrogens (tertiary/aromatic N) is 2. The Morgan fingerprint density at radius 2 is 0.765 bits per heavy atom. The van der Waals surface area contributed by atoms with Gasteiger partial charge < -0.3 is 10.6 Å². The van der Waals surface area contributed by atoms with Gasteiger partial charge in [0.05, 0.1) is 0 Å². The second-order valence-electron chi connectivity index (χ2n) is 12.0. The van der Waals surface area contributed by atoms with E-state index in [-0.39, 0.29) is 0 Å². The van der Waals surface area contributed by atoms with Crippen LogP contribution in [0.3, 0.4) is 0 Å². The third-order valence-electron chi connectivity index (χ3n) is 7.51. The molecule has 2 N–H and O–H groups in total. The third kappa shape index (κ3) is 13.8. The Morgan fingerprint density at radius 1 is 0.471 bits per heavy atom. The average molecular weight is 483 g/mol. The quantitative estimate of drug-likeness (QED) is 0.171. The summed E-state index contributed by atoms with van der Waals surface area (Å²) < 4.78 is 0. The lowest BCUT2D eigenvalue weighted by Gasteiger charge is -2.39. The Bertz CT molecular complexity index is 405. The molecule has 206 valence electrons. The van der Waals surface area contributed by atoms with Gasteiger partial charge in [-0.1, -0.05) is 26.7 Å². The molecule has 0 aromatic heterocycles. The van der Waals surface area contributed by atoms with Gasteiger partial charge >= 0.3 is 0 Å². The van der Waals surface area contributed by atoms with Crippen molar-refractivity contribution >= 4 is 0 Å². The van der Waals surface area contributed by atoms with Crippen LogP contribution in [0.25, 0.3) is 0 Å². The zero-order chi connectivity index (χ0) is 26.3. The SMILES string of the molecule is CCC(CC(C)NCCCCCCNC(C)CC(CC)N(C(C)C)C(C)C)N(C(C)C)C(C)C. The summed E-state index contributed by atoms with van der Waals surface area (Å²) in [5.41, 5.74) is 0. The molecule has 4 atom stereocenters. The molecule has 0 radical (unpaired) electrons. The largest absolute Gasteiger partial charge is 0.314 e. The zero-order valence-corrected chi connectivity index (χ0v) is 25.6. The number of rotatable bonds is 21. The van der Waals surface area contributed by atoms with Gasteiger partial charge in [0.2, 0.25) is 0 Å². The monoisotopic (exact) mass is 483 g/mol. The lowest BCUT2D eigenvalue weighted by atomic mass is 10.0. The fourth-order valence-corrected chi connectivity index (χ4v) is 6.16. The summed E-state index contributed by atoms with van der Waals surface area (Å²) in [5.74, 6) is 0. The first-order chi connectivity index (χ1) is 16.0. The maximum Gasteiger partial charge on any atom is 0.0113 e. The van der Waals surface area contributed by atoms with Crippen molar-refractivity contribution in [3.63, 3.8) is 0 Å². The van der Waals surface area contributed by atoms with Crippen molar-refractivity contribution < 1.29 is 0 Å². The second kappa shape index (κ2) is 19.0. The molecule has 0 heterocycles. The Kier molecular flexibility index (Phi) is 18.9. The van der Waals surface area contributed by atoms with Gasteiger partial charge in [0.25, 0.3) is 0 Å². The van der Waals surface area contributed by atoms with E-state index >= 15 is 0 Å². The molecule has 0 aliphatic heterocycles. The first kappa shape index (κ1) is 33.8. The van der Waals surface area contributed by atoms with Crippen LogP contribution in [0.5, 0.6) is 0 Å². The van der Waals surface area contributed by atoms with E-state index in [9.17, 15) is 0 Å². The summed E-state index contributed by atoms with van der Waals surface area (Å²) in [5, 5.41) is 7.60. The molecule has 0 bridgehead atoms. The van der Waals surface area contributed by atoms with Crippen LogP contribution in [0, 0.1) is 0 Å². The fraction of sp³-hybridized carbons (Fsp3) is 1.00. The number of nitrogens with one attached hydrogen (secondary N) is 2. The summed E-state index contributed by atoms with van der Waals surface area (Å²) >= 11 is 0. The van der Waals surface area contributed by atoms with E-state index in [0.29, 0.717) is 48.3 Å². The summed E-state index contributed by atoms with van der Waals surface area (Å²) in [4.78, 5) is 5.39. The van der Waals surface area contributed by atoms with Gasteiger partial charge in [-0.2, -0.15) is 0 Å². The molecular weight excluding hydrogens is 416 g/mol. The molecule has 34 heavy (non-hydrogen) atoms. The van der Waals surface area contributed by atoms with Gasteiger partial charge in [0.15, 0.2) is 0 Å². The molecule has 0 rings (SSSR count). The first-order valence-electron chi connectivity index (χ1n) is 15.0. The normalized spacial score (nSPS) is 16.4. The minimum absolute atomic E-state index is 0.593. The molecule has 0 saturated heterocycles. The van der Waals surface area contributed by atoms with Crippen molar-refractivity contribution in [2.24, 2.45) is 0 Å². The fourth-order valence-electron chi connectivity index (χ4n) is 6.16. The van der Waals surface area contributed by atoms with E-state index in [1.165, 1.54) is 51.4 Å². The summed E-state index contributed by atoms with van der Waals surface area (Å²) in [6.45, 7) is 30.4. The van der Waals surface area contributed by atoms with Crippen molar-refractivity contribution in [2.45, 2.75) is 183 Å². The van der Waals surface area contributed by atoms with Gasteiger partial charge in [-0.15, -0.1) is 0 Å². The molecule has 0 aliphatic carbocycles. The molecule has 0 aliphatic rings. The number of unbranched alkanes of at least 4 members (excludes halogenated alkanes) is 3. The molecule has 0 saturated carbocycles. The highest BCUT2D eigenvalue weighted by Crippen LogP contribution is 2.19. The molecule has 0 amide bonds. The summed E-state index contributed by atoms with van der Waals surface area (Å²) in [7, 11) is 0. The van der Waals surface area contributed by atoms with Crippen LogP contribution in [0.2, 0.25) is 0 Å². The molecule has 0 fully saturated rings. The van der Waals surface area contributed by atoms with Crippen LogP contribution in [-0.4, -0.2) is 71.2 Å². The van der Waals surface area contributed by atoms with Crippen LogP contribution in [0.15, 0.2) is 0 Å². The zero-order valence-electron chi connectivity index (χ0n) is 25.6. The lowest BCUT2D eigenvalue weighted by molar-refractivity contribution is 0.0964. The van der Waals surface area contributed by atoms with E-state index in [2.05, 4.69) is 104 Å². The Morgan fingerprint density at radius 3 is 1.00 bits per heavy atom. The maximum atomic E-state index is 3.80. The van der Waals surface area contributed by atoms with Crippen molar-refractivity contribution in [1.82, 2.24) is 20.4 Å². The van der Waals surface area contributed by atoms with Crippen molar-refractivity contribution in [2.75, 3.05) is 13.1 Å². The molecule has 4 nitrogen and oxygen atoms in total. The minimum Gasteiger partial charge on any atom is -0.314 e. The second-order valence-corrected chi connectivity index (χ2v) is 12.0. The van der Waals surface area contributed by atoms with Crippen LogP contribution in [0.1, 0.15) is 134 Å². The number of hydrogen-bond acceptors (Lipinski definition) is 4. The Labute approximate surface area is 216 Å². The Hall–Kier alpha value is -0.160. The van der Waals surface area contributed by atoms with Crippen LogP contribution < -0.4 is 10.6 Å². The summed E-state index contributed by atoms with van der Waals surface area (Å²) in [6.07, 6.45) is 10.2. The number of hydrogen-bond donors (Lipinski definition) is 2. The van der Waals surface area contributed by atoms with E-state index in [1.54, 1.807) is 0 Å². The topological polar surface area (TPSA) is 30.5 Å². The van der Waals surface area contributed by atoms with Gasteiger partial charge in [0.1, 0.15) is 0 Å². The van der Waals surface area contributed by atoms with Crippen molar-refractivity contribution in [1.29, 1.82) is 0 Å². The van der Waals surface area contributed by atoms with E-state index in [4.69, 9.17) is 0 Å². The predicted molar refractivity (Wildman–Crippen MR) is 155 cm³/mol. The maximum absolute atomic E-state index is 3.80. The van der Waals surface area contributed by atoms with Crippen LogP contribution in [-0.2, 0) is 0 Å². The highest BCUT2D eigenvalue weighted by atomic mass is 15.2. The lowest BCUT2D eigenvalue weighted by Crippen LogP contribution is -2.47. The van der Waals surface area contributed by atoms with E-state index in [1.807, 2.05) is 0 Å². The molecule has 4 heteroatoms. The standard InChI is InChI=1S/C30H66N4/c1-13-29(33(23(3)4)24(5)6)21-27(11)31-19-17-15-16-18-20-32-28(12)22-30(14-2)34(25(7)8)26(9)10/h23-32H,13-22H2,1-12H3. The van der Waals surface area contributed by atoms with Crippen LogP contribution in [0.4, 0.5) is 0 Å². The van der Waals surface area contributed by atoms with Gasteiger partial charge in [0, 0.05) is 48.3 Å². The molecule has 0 aromatic rings. The van der Waals surface area contributed by atoms with Gasteiger partial charge in [-0.3, -0.25) is 9.80 Å². The van der Waals surface area contributed by atoms with Crippen molar-refractivity contribution in [3.8, 4) is 0 Å². The first-order valence-corrected chi connectivity index (χ1v) is 15.0.